The zero-order valence-electron chi connectivity index (χ0n) is 9.63. The van der Waals surface area contributed by atoms with Crippen molar-refractivity contribution in [3.8, 4) is 11.4 Å². The van der Waals surface area contributed by atoms with E-state index in [1.165, 1.54) is 5.56 Å². The van der Waals surface area contributed by atoms with Crippen molar-refractivity contribution in [3.05, 3.63) is 35.7 Å². The first-order chi connectivity index (χ1) is 8.24. The van der Waals surface area contributed by atoms with Crippen LogP contribution in [0.4, 0.5) is 0 Å². The standard InChI is InChI=1S/C12H15N3O2/c1-2-8-3-5-9(6-4-8)11-14-12(17-15-11)10(13)7-16/h3-6,10,16H,2,7,13H2,1H3/t10-/m1/s1. The molecular formula is C12H15N3O2. The van der Waals surface area contributed by atoms with E-state index in [0.29, 0.717) is 5.82 Å². The number of aryl methyl sites for hydroxylation is 1. The maximum atomic E-state index is 8.88. The Bertz CT molecular complexity index is 479. The maximum Gasteiger partial charge on any atom is 0.246 e. The van der Waals surface area contributed by atoms with E-state index in [9.17, 15) is 0 Å². The molecule has 1 atom stereocenters. The molecule has 0 radical (unpaired) electrons. The molecule has 5 nitrogen and oxygen atoms in total. The first-order valence-corrected chi connectivity index (χ1v) is 5.54. The van der Waals surface area contributed by atoms with Crippen LogP contribution < -0.4 is 5.73 Å². The van der Waals surface area contributed by atoms with Gasteiger partial charge in [0.05, 0.1) is 6.61 Å². The van der Waals surface area contributed by atoms with Crippen LogP contribution in [0.1, 0.15) is 24.4 Å². The third-order valence-electron chi connectivity index (χ3n) is 2.58. The first kappa shape index (κ1) is 11.8. The summed E-state index contributed by atoms with van der Waals surface area (Å²) in [6.07, 6.45) is 0.993. The van der Waals surface area contributed by atoms with Gasteiger partial charge in [0.25, 0.3) is 0 Å². The van der Waals surface area contributed by atoms with Crippen LogP contribution in [-0.2, 0) is 6.42 Å². The van der Waals surface area contributed by atoms with Crippen molar-refractivity contribution in [1.29, 1.82) is 0 Å². The van der Waals surface area contributed by atoms with Crippen molar-refractivity contribution >= 4 is 0 Å². The average Bonchev–Trinajstić information content (AvgIpc) is 2.87. The van der Waals surface area contributed by atoms with E-state index in [2.05, 4.69) is 17.1 Å². The molecule has 3 N–H and O–H groups in total. The molecule has 0 amide bonds. The van der Waals surface area contributed by atoms with Gasteiger partial charge >= 0.3 is 0 Å². The molecule has 2 rings (SSSR count). The van der Waals surface area contributed by atoms with Gasteiger partial charge in [0.1, 0.15) is 6.04 Å². The second-order valence-electron chi connectivity index (χ2n) is 3.80. The van der Waals surface area contributed by atoms with E-state index >= 15 is 0 Å². The quantitative estimate of drug-likeness (QED) is 0.831. The fourth-order valence-electron chi connectivity index (χ4n) is 1.47. The number of hydrogen-bond donors (Lipinski definition) is 2. The molecule has 0 fully saturated rings. The lowest BCUT2D eigenvalue weighted by Gasteiger charge is -1.99. The number of nitrogens with two attached hydrogens (primary N) is 1. The molecule has 0 spiro atoms. The number of aromatic nitrogens is 2. The molecule has 1 aromatic carbocycles. The van der Waals surface area contributed by atoms with Gasteiger partial charge in [0.15, 0.2) is 0 Å². The molecule has 1 aromatic heterocycles. The summed E-state index contributed by atoms with van der Waals surface area (Å²) >= 11 is 0. The van der Waals surface area contributed by atoms with Crippen LogP contribution in [0.25, 0.3) is 11.4 Å². The Morgan fingerprint density at radius 3 is 2.65 bits per heavy atom. The largest absolute Gasteiger partial charge is 0.394 e. The Morgan fingerprint density at radius 2 is 2.06 bits per heavy atom. The monoisotopic (exact) mass is 233 g/mol. The minimum atomic E-state index is -0.619. The molecule has 2 aromatic rings. The Morgan fingerprint density at radius 1 is 1.35 bits per heavy atom. The highest BCUT2D eigenvalue weighted by Gasteiger charge is 2.14. The van der Waals surface area contributed by atoms with Gasteiger partial charge in [-0.25, -0.2) is 0 Å². The maximum absolute atomic E-state index is 8.88. The van der Waals surface area contributed by atoms with Crippen molar-refractivity contribution < 1.29 is 9.63 Å². The fourth-order valence-corrected chi connectivity index (χ4v) is 1.47. The second-order valence-corrected chi connectivity index (χ2v) is 3.80. The lowest BCUT2D eigenvalue weighted by atomic mass is 10.1. The summed E-state index contributed by atoms with van der Waals surface area (Å²) in [5.41, 5.74) is 7.72. The van der Waals surface area contributed by atoms with Gasteiger partial charge < -0.3 is 15.4 Å². The SMILES string of the molecule is CCc1ccc(-c2noc([C@H](N)CO)n2)cc1. The van der Waals surface area contributed by atoms with Gasteiger partial charge in [-0.2, -0.15) is 4.98 Å². The number of rotatable bonds is 4. The van der Waals surface area contributed by atoms with E-state index in [0.717, 1.165) is 12.0 Å². The first-order valence-electron chi connectivity index (χ1n) is 5.54. The number of hydrogen-bond acceptors (Lipinski definition) is 5. The smallest absolute Gasteiger partial charge is 0.246 e. The second kappa shape index (κ2) is 5.07. The molecule has 1 heterocycles. The molecule has 0 aliphatic carbocycles. The Hall–Kier alpha value is -1.72. The summed E-state index contributed by atoms with van der Waals surface area (Å²) in [5, 5.41) is 12.7. The lowest BCUT2D eigenvalue weighted by molar-refractivity contribution is 0.237. The van der Waals surface area contributed by atoms with Crippen LogP contribution in [0, 0.1) is 0 Å². The Kier molecular flexibility index (Phi) is 3.51. The Balaban J connectivity index is 2.24. The van der Waals surface area contributed by atoms with Crippen molar-refractivity contribution in [3.63, 3.8) is 0 Å². The van der Waals surface area contributed by atoms with E-state index in [1.807, 2.05) is 24.3 Å². The van der Waals surface area contributed by atoms with Crippen LogP contribution in [0.2, 0.25) is 0 Å². The topological polar surface area (TPSA) is 85.2 Å². The zero-order chi connectivity index (χ0) is 12.3. The fraction of sp³-hybridized carbons (Fsp3) is 0.333. The summed E-state index contributed by atoms with van der Waals surface area (Å²) in [5.74, 6) is 0.744. The summed E-state index contributed by atoms with van der Waals surface area (Å²) in [4.78, 5) is 4.14. The molecule has 0 aliphatic heterocycles. The molecule has 0 saturated heterocycles. The third-order valence-corrected chi connectivity index (χ3v) is 2.58. The van der Waals surface area contributed by atoms with E-state index < -0.39 is 6.04 Å². The minimum Gasteiger partial charge on any atom is -0.394 e. The highest BCUT2D eigenvalue weighted by molar-refractivity contribution is 5.54. The van der Waals surface area contributed by atoms with Gasteiger partial charge in [-0.15, -0.1) is 0 Å². The molecule has 5 heteroatoms. The van der Waals surface area contributed by atoms with Gasteiger partial charge in [-0.1, -0.05) is 36.3 Å². The normalized spacial score (nSPS) is 12.6. The van der Waals surface area contributed by atoms with Crippen LogP contribution in [0.5, 0.6) is 0 Å². The summed E-state index contributed by atoms with van der Waals surface area (Å²) in [6.45, 7) is 1.89. The summed E-state index contributed by atoms with van der Waals surface area (Å²) < 4.78 is 4.98. The lowest BCUT2D eigenvalue weighted by Crippen LogP contribution is -2.14. The van der Waals surface area contributed by atoms with E-state index in [1.54, 1.807) is 0 Å². The van der Waals surface area contributed by atoms with Gasteiger partial charge in [0.2, 0.25) is 11.7 Å². The van der Waals surface area contributed by atoms with E-state index in [-0.39, 0.29) is 12.5 Å². The molecule has 0 unspecified atom stereocenters. The van der Waals surface area contributed by atoms with Crippen molar-refractivity contribution in [2.45, 2.75) is 19.4 Å². The van der Waals surface area contributed by atoms with Gasteiger partial charge in [-0.05, 0) is 12.0 Å². The number of aliphatic hydroxyl groups is 1. The predicted molar refractivity (Wildman–Crippen MR) is 63.1 cm³/mol. The molecule has 0 bridgehead atoms. The number of benzene rings is 1. The number of nitrogens with zero attached hydrogens (tertiary/aromatic N) is 2. The summed E-state index contributed by atoms with van der Waals surface area (Å²) in [7, 11) is 0. The van der Waals surface area contributed by atoms with Crippen LogP contribution in [0.3, 0.4) is 0 Å². The van der Waals surface area contributed by atoms with Gasteiger partial charge in [0, 0.05) is 5.56 Å². The van der Waals surface area contributed by atoms with E-state index in [4.69, 9.17) is 15.4 Å². The van der Waals surface area contributed by atoms with Crippen molar-refractivity contribution in [2.24, 2.45) is 5.73 Å². The van der Waals surface area contributed by atoms with Crippen LogP contribution in [-0.4, -0.2) is 21.9 Å². The molecule has 0 aliphatic rings. The third kappa shape index (κ3) is 2.51. The molecule has 90 valence electrons. The van der Waals surface area contributed by atoms with Gasteiger partial charge in [-0.3, -0.25) is 0 Å². The van der Waals surface area contributed by atoms with Crippen molar-refractivity contribution in [2.75, 3.05) is 6.61 Å². The number of aliphatic hydroxyl groups excluding tert-OH is 1. The molecule has 17 heavy (non-hydrogen) atoms. The predicted octanol–water partition coefficient (Wildman–Crippen LogP) is 1.29. The molecule has 0 saturated carbocycles. The van der Waals surface area contributed by atoms with Crippen LogP contribution in [0.15, 0.2) is 28.8 Å². The zero-order valence-corrected chi connectivity index (χ0v) is 9.63. The molecular weight excluding hydrogens is 218 g/mol. The summed E-state index contributed by atoms with van der Waals surface area (Å²) in [6, 6.07) is 7.32. The highest BCUT2D eigenvalue weighted by Crippen LogP contribution is 2.18. The minimum absolute atomic E-state index is 0.212. The van der Waals surface area contributed by atoms with Crippen LogP contribution >= 0.6 is 0 Å². The average molecular weight is 233 g/mol. The van der Waals surface area contributed by atoms with Crippen molar-refractivity contribution in [1.82, 2.24) is 10.1 Å². The Labute approximate surface area is 99.3 Å². The highest BCUT2D eigenvalue weighted by atomic mass is 16.5.